The van der Waals surface area contributed by atoms with Crippen LogP contribution in [0.2, 0.25) is 39.3 Å². The monoisotopic (exact) mass is 757 g/mol. The van der Waals surface area contributed by atoms with Gasteiger partial charge in [0.2, 0.25) is 0 Å². The molecule has 0 fully saturated rings. The summed E-state index contributed by atoms with van der Waals surface area (Å²) < 4.78 is 0. The van der Waals surface area contributed by atoms with E-state index in [1.54, 1.807) is 10.4 Å². The summed E-state index contributed by atoms with van der Waals surface area (Å²) in [5.74, 6) is 0. The first-order valence-electron chi connectivity index (χ1n) is 16.2. The molecule has 0 bridgehead atoms. The molecule has 0 aliphatic carbocycles. The molecule has 6 rings (SSSR count). The Morgan fingerprint density at radius 3 is 0.917 bits per heavy atom. The minimum atomic E-state index is -2.88. The van der Waals surface area contributed by atoms with Crippen molar-refractivity contribution >= 4 is 50.4 Å². The maximum absolute atomic E-state index is 11.6. The Bertz CT molecular complexity index is 1530. The van der Waals surface area contributed by atoms with Crippen LogP contribution in [0.5, 0.6) is 0 Å². The second-order valence-corrected chi connectivity index (χ2v) is 27.0. The van der Waals surface area contributed by atoms with Gasteiger partial charge in [-0.05, 0) is 15.6 Å². The van der Waals surface area contributed by atoms with Crippen LogP contribution in [0.25, 0.3) is 0 Å². The molecule has 5 heteroatoms. The van der Waals surface area contributed by atoms with Crippen molar-refractivity contribution in [3.05, 3.63) is 195 Å². The summed E-state index contributed by atoms with van der Waals surface area (Å²) in [4.78, 5) is 11.6. The molecule has 0 atom stereocenters. The molecular formula is C43H51OSi3Zr. The topological polar surface area (TPSA) is 20.2 Å². The molecule has 0 aromatic heterocycles. The van der Waals surface area contributed by atoms with Crippen molar-refractivity contribution in [3.63, 3.8) is 0 Å². The molecule has 1 radical (unpaired) electrons. The molecule has 6 aromatic rings. The van der Waals surface area contributed by atoms with E-state index in [2.05, 4.69) is 71.3 Å². The van der Waals surface area contributed by atoms with Crippen LogP contribution in [0, 0.1) is 13.8 Å². The van der Waals surface area contributed by atoms with Gasteiger partial charge >= 0.3 is 26.2 Å². The zero-order valence-corrected chi connectivity index (χ0v) is 35.0. The van der Waals surface area contributed by atoms with Crippen molar-refractivity contribution in [1.82, 2.24) is 0 Å². The fourth-order valence-corrected chi connectivity index (χ4v) is 10.4. The molecule has 0 aliphatic rings. The molecule has 0 saturated carbocycles. The van der Waals surface area contributed by atoms with Crippen LogP contribution >= 0.6 is 0 Å². The summed E-state index contributed by atoms with van der Waals surface area (Å²) in [6, 6.07) is 56.9. The molecule has 0 saturated heterocycles. The Hall–Kier alpha value is -3.32. The van der Waals surface area contributed by atoms with E-state index in [0.717, 1.165) is 26.7 Å². The van der Waals surface area contributed by atoms with E-state index >= 15 is 0 Å². The Balaban J connectivity index is 0.000000245. The van der Waals surface area contributed by atoms with Crippen molar-refractivity contribution in [3.8, 4) is 0 Å². The van der Waals surface area contributed by atoms with Crippen LogP contribution in [0.15, 0.2) is 170 Å². The molecule has 0 aliphatic heterocycles. The minimum Gasteiger partial charge on any atom is -0.421 e. The maximum atomic E-state index is 11.6. The van der Waals surface area contributed by atoms with Gasteiger partial charge < -0.3 is 4.80 Å². The Labute approximate surface area is 313 Å². The normalized spacial score (nSPS) is 10.8. The van der Waals surface area contributed by atoms with Gasteiger partial charge in [0.1, 0.15) is 0 Å². The summed E-state index contributed by atoms with van der Waals surface area (Å²) in [6.07, 6.45) is 0. The largest absolute Gasteiger partial charge is 3.00 e. The second-order valence-electron chi connectivity index (χ2n) is 13.7. The van der Waals surface area contributed by atoms with Crippen molar-refractivity contribution in [2.75, 3.05) is 0 Å². The van der Waals surface area contributed by atoms with E-state index in [1.165, 1.54) is 0 Å². The van der Waals surface area contributed by atoms with Crippen LogP contribution in [0.1, 0.15) is 11.1 Å². The van der Waals surface area contributed by atoms with Gasteiger partial charge in [-0.1, -0.05) is 142 Å². The smallest absolute Gasteiger partial charge is 0.421 e. The van der Waals surface area contributed by atoms with E-state index in [-0.39, 0.29) is 26.2 Å². The third-order valence-electron chi connectivity index (χ3n) is 7.75. The summed E-state index contributed by atoms with van der Waals surface area (Å²) >= 11 is 0. The van der Waals surface area contributed by atoms with Gasteiger partial charge in [-0.25, -0.2) is 11.3 Å². The van der Waals surface area contributed by atoms with Crippen molar-refractivity contribution in [1.29, 1.82) is 0 Å². The van der Waals surface area contributed by atoms with Crippen LogP contribution in [-0.2, 0) is 26.2 Å². The SMILES string of the molecule is C[Si](C)(C)c1cc[c-]([Si](C)(C)C)c1.O[Si](c1ccccc1)(c1ccccc1)c1ccccc1.[CH2-]c1ccccc1.[CH2-]c1ccccc1.[Zr+3]. The van der Waals surface area contributed by atoms with Gasteiger partial charge in [0.15, 0.2) is 0 Å². The summed E-state index contributed by atoms with van der Waals surface area (Å²) in [7, 11) is -5.02. The van der Waals surface area contributed by atoms with E-state index in [9.17, 15) is 4.80 Å². The molecule has 245 valence electrons. The fraction of sp³-hybridized carbons (Fsp3) is 0.140. The third kappa shape index (κ3) is 12.9. The number of hydrogen-bond acceptors (Lipinski definition) is 1. The summed E-state index contributed by atoms with van der Waals surface area (Å²) in [5.41, 5.74) is 2.14. The minimum absolute atomic E-state index is 0. The zero-order valence-electron chi connectivity index (χ0n) is 29.5. The van der Waals surface area contributed by atoms with Crippen LogP contribution < -0.4 is 25.9 Å². The van der Waals surface area contributed by atoms with E-state index in [0.29, 0.717) is 0 Å². The van der Waals surface area contributed by atoms with Crippen molar-refractivity contribution in [2.24, 2.45) is 0 Å². The zero-order chi connectivity index (χ0) is 34.3. The first kappa shape index (κ1) is 40.9. The first-order chi connectivity index (χ1) is 22.3. The van der Waals surface area contributed by atoms with Crippen LogP contribution in [-0.4, -0.2) is 29.3 Å². The summed E-state index contributed by atoms with van der Waals surface area (Å²) in [6.45, 7) is 21.9. The van der Waals surface area contributed by atoms with E-state index in [4.69, 9.17) is 0 Å². The van der Waals surface area contributed by atoms with E-state index < -0.39 is 24.5 Å². The standard InChI is InChI=1S/C18H16OSi.C11H21Si2.2C7H7.Zr/c19-20(16-10-4-1-5-11-16,17-12-6-2-7-13-17)18-14-8-3-9-15-18;1-12(2,3)10-7-8-11(9-10)13(4,5)6;2*1-7-5-3-2-4-6-7;/h1-15,19H;7-9H,1-6H3;2*2-6H,1H2;/q;3*-1;+3. The van der Waals surface area contributed by atoms with Gasteiger partial charge in [0.05, 0.1) is 0 Å². The molecule has 0 amide bonds. The second kappa shape index (κ2) is 19.6. The Morgan fingerprint density at radius 1 is 0.438 bits per heavy atom. The van der Waals surface area contributed by atoms with Gasteiger partial charge in [-0.3, -0.25) is 0 Å². The van der Waals surface area contributed by atoms with Crippen LogP contribution in [0.4, 0.5) is 0 Å². The average molecular weight is 759 g/mol. The molecule has 1 nitrogen and oxygen atoms in total. The summed E-state index contributed by atoms with van der Waals surface area (Å²) in [5, 5.41) is 6.27. The van der Waals surface area contributed by atoms with Gasteiger partial charge in [-0.2, -0.15) is 66.6 Å². The Morgan fingerprint density at radius 2 is 0.729 bits per heavy atom. The molecule has 0 unspecified atom stereocenters. The van der Waals surface area contributed by atoms with Crippen molar-refractivity contribution in [2.45, 2.75) is 39.3 Å². The number of rotatable bonds is 5. The van der Waals surface area contributed by atoms with Crippen molar-refractivity contribution < 1.29 is 31.0 Å². The van der Waals surface area contributed by atoms with E-state index in [1.807, 2.05) is 152 Å². The molecular weight excluding hydrogens is 708 g/mol. The van der Waals surface area contributed by atoms with Gasteiger partial charge in [0, 0.05) is 16.1 Å². The van der Waals surface area contributed by atoms with Crippen LogP contribution in [0.3, 0.4) is 0 Å². The predicted molar refractivity (Wildman–Crippen MR) is 216 cm³/mol. The van der Waals surface area contributed by atoms with Gasteiger partial charge in [0.25, 0.3) is 8.32 Å². The van der Waals surface area contributed by atoms with Gasteiger partial charge in [-0.15, -0.1) is 24.3 Å². The Kier molecular flexibility index (Phi) is 16.7. The number of benzene rings is 5. The molecule has 6 aromatic carbocycles. The molecule has 0 heterocycles. The third-order valence-corrected chi connectivity index (χ3v) is 15.3. The average Bonchev–Trinajstić information content (AvgIpc) is 3.60. The molecule has 48 heavy (non-hydrogen) atoms. The quantitative estimate of drug-likeness (QED) is 0.108. The fourth-order valence-electron chi connectivity index (χ4n) is 4.87. The molecule has 1 N–H and O–H groups in total. The number of hydrogen-bond donors (Lipinski definition) is 1. The maximum Gasteiger partial charge on any atom is 3.00 e. The predicted octanol–water partition coefficient (Wildman–Crippen LogP) is 7.88. The molecule has 0 spiro atoms. The first-order valence-corrected chi connectivity index (χ1v) is 25.2.